The fourth-order valence-corrected chi connectivity index (χ4v) is 2.45. The van der Waals surface area contributed by atoms with Gasteiger partial charge in [0.1, 0.15) is 6.04 Å². The smallest absolute Gasteiger partial charge is 0.326 e. The minimum Gasteiger partial charge on any atom is -0.480 e. The van der Waals surface area contributed by atoms with Gasteiger partial charge < -0.3 is 10.0 Å². The Kier molecular flexibility index (Phi) is 3.50. The van der Waals surface area contributed by atoms with E-state index in [2.05, 4.69) is 16.9 Å². The summed E-state index contributed by atoms with van der Waals surface area (Å²) in [4.78, 5) is 21.9. The summed E-state index contributed by atoms with van der Waals surface area (Å²) in [5.74, 6) is 0.198. The number of aliphatic carboxylic acids is 1. The zero-order valence-electron chi connectivity index (χ0n) is 11.1. The highest BCUT2D eigenvalue weighted by Gasteiger charge is 2.33. The van der Waals surface area contributed by atoms with E-state index in [9.17, 15) is 9.90 Å². The van der Waals surface area contributed by atoms with Crippen molar-refractivity contribution in [2.75, 3.05) is 11.4 Å². The molecule has 0 aliphatic carbocycles. The number of carboxylic acid groups (broad SMARTS) is 1. The zero-order valence-corrected chi connectivity index (χ0v) is 11.1. The Morgan fingerprint density at radius 3 is 2.56 bits per heavy atom. The lowest BCUT2D eigenvalue weighted by Gasteiger charge is -2.36. The van der Waals surface area contributed by atoms with E-state index in [-0.39, 0.29) is 0 Å². The summed E-state index contributed by atoms with van der Waals surface area (Å²) in [6.07, 6.45) is 1.64. The largest absolute Gasteiger partial charge is 0.480 e. The third kappa shape index (κ3) is 2.60. The molecular weight excluding hydrogens is 230 g/mol. The van der Waals surface area contributed by atoms with Crippen molar-refractivity contribution in [3.8, 4) is 0 Å². The number of carbonyl (C=O) groups is 1. The molecule has 1 aliphatic heterocycles. The van der Waals surface area contributed by atoms with Crippen molar-refractivity contribution < 1.29 is 9.90 Å². The summed E-state index contributed by atoms with van der Waals surface area (Å²) in [5.41, 5.74) is 1.75. The first kappa shape index (κ1) is 12.8. The molecule has 1 aliphatic rings. The normalized spacial score (nSPS) is 24.1. The van der Waals surface area contributed by atoms with Crippen LogP contribution in [0.3, 0.4) is 0 Å². The molecule has 2 rings (SSSR count). The van der Waals surface area contributed by atoms with E-state index in [1.165, 1.54) is 0 Å². The van der Waals surface area contributed by atoms with E-state index in [1.54, 1.807) is 0 Å². The van der Waals surface area contributed by atoms with Gasteiger partial charge in [-0.1, -0.05) is 6.92 Å². The summed E-state index contributed by atoms with van der Waals surface area (Å²) in [5, 5.41) is 9.33. The van der Waals surface area contributed by atoms with Crippen molar-refractivity contribution in [3.63, 3.8) is 0 Å². The van der Waals surface area contributed by atoms with Crippen LogP contribution in [0.25, 0.3) is 0 Å². The summed E-state index contributed by atoms with van der Waals surface area (Å²) in [6, 6.07) is 1.39. The summed E-state index contributed by atoms with van der Waals surface area (Å²) >= 11 is 0. The van der Waals surface area contributed by atoms with Gasteiger partial charge in [0.15, 0.2) is 0 Å². The van der Waals surface area contributed by atoms with Crippen molar-refractivity contribution in [2.45, 2.75) is 39.7 Å². The van der Waals surface area contributed by atoms with Gasteiger partial charge in [0, 0.05) is 17.9 Å². The molecule has 2 atom stereocenters. The highest BCUT2D eigenvalue weighted by atomic mass is 16.4. The maximum absolute atomic E-state index is 11.4. The second kappa shape index (κ2) is 4.92. The predicted octanol–water partition coefficient (Wildman–Crippen LogP) is 1.78. The predicted molar refractivity (Wildman–Crippen MR) is 68.7 cm³/mol. The molecule has 5 heteroatoms. The molecule has 0 spiro atoms. The molecule has 1 aromatic rings. The molecule has 0 amide bonds. The van der Waals surface area contributed by atoms with Crippen LogP contribution in [0.1, 0.15) is 31.2 Å². The van der Waals surface area contributed by atoms with Crippen molar-refractivity contribution >= 4 is 11.9 Å². The van der Waals surface area contributed by atoms with Gasteiger partial charge in [0.25, 0.3) is 0 Å². The van der Waals surface area contributed by atoms with Crippen LogP contribution in [-0.4, -0.2) is 33.6 Å². The van der Waals surface area contributed by atoms with E-state index in [1.807, 2.05) is 24.8 Å². The molecule has 0 radical (unpaired) electrons. The maximum Gasteiger partial charge on any atom is 0.326 e. The molecule has 1 fully saturated rings. The van der Waals surface area contributed by atoms with Crippen LogP contribution in [0.5, 0.6) is 0 Å². The first-order valence-corrected chi connectivity index (χ1v) is 6.29. The molecule has 1 N–H and O–H groups in total. The van der Waals surface area contributed by atoms with Crippen LogP contribution < -0.4 is 4.90 Å². The van der Waals surface area contributed by atoms with Crippen molar-refractivity contribution in [1.29, 1.82) is 0 Å². The summed E-state index contributed by atoms with van der Waals surface area (Å²) in [6.45, 7) is 6.61. The zero-order chi connectivity index (χ0) is 13.3. The van der Waals surface area contributed by atoms with Gasteiger partial charge in [-0.15, -0.1) is 0 Å². The Morgan fingerprint density at radius 1 is 1.39 bits per heavy atom. The number of aromatic nitrogens is 2. The third-order valence-electron chi connectivity index (χ3n) is 3.38. The minimum absolute atomic E-state index is 0.438. The van der Waals surface area contributed by atoms with Crippen LogP contribution in [0.2, 0.25) is 0 Å². The van der Waals surface area contributed by atoms with Gasteiger partial charge in [0.05, 0.1) is 0 Å². The lowest BCUT2D eigenvalue weighted by Crippen LogP contribution is -2.47. The average Bonchev–Trinajstić information content (AvgIpc) is 2.27. The second-order valence-electron chi connectivity index (χ2n) is 5.13. The van der Waals surface area contributed by atoms with E-state index in [0.29, 0.717) is 24.8 Å². The molecule has 2 unspecified atom stereocenters. The highest BCUT2D eigenvalue weighted by molar-refractivity contribution is 5.77. The fourth-order valence-electron chi connectivity index (χ4n) is 2.45. The van der Waals surface area contributed by atoms with Gasteiger partial charge in [-0.25, -0.2) is 14.8 Å². The van der Waals surface area contributed by atoms with Crippen LogP contribution in [-0.2, 0) is 4.79 Å². The second-order valence-corrected chi connectivity index (χ2v) is 5.13. The Bertz CT molecular complexity index is 441. The molecule has 0 aromatic carbocycles. The number of carboxylic acids is 1. The lowest BCUT2D eigenvalue weighted by molar-refractivity contribution is -0.139. The first-order valence-electron chi connectivity index (χ1n) is 6.29. The molecule has 1 aromatic heterocycles. The van der Waals surface area contributed by atoms with Crippen LogP contribution in [0.15, 0.2) is 6.07 Å². The van der Waals surface area contributed by atoms with Gasteiger partial charge in [0.2, 0.25) is 5.95 Å². The lowest BCUT2D eigenvalue weighted by atomic mass is 9.93. The Morgan fingerprint density at radius 2 is 2.00 bits per heavy atom. The molecule has 98 valence electrons. The molecule has 18 heavy (non-hydrogen) atoms. The number of rotatable bonds is 2. The molecule has 1 saturated heterocycles. The average molecular weight is 249 g/mol. The first-order chi connectivity index (χ1) is 8.47. The Hall–Kier alpha value is -1.65. The maximum atomic E-state index is 11.4. The fraction of sp³-hybridized carbons (Fsp3) is 0.615. The van der Waals surface area contributed by atoms with Crippen molar-refractivity contribution in [1.82, 2.24) is 9.97 Å². The van der Waals surface area contributed by atoms with Gasteiger partial charge >= 0.3 is 5.97 Å². The number of hydrogen-bond acceptors (Lipinski definition) is 4. The molecule has 0 saturated carbocycles. The van der Waals surface area contributed by atoms with E-state index in [0.717, 1.165) is 17.8 Å². The number of nitrogens with zero attached hydrogens (tertiary/aromatic N) is 3. The quantitative estimate of drug-likeness (QED) is 0.865. The number of piperidine rings is 1. The minimum atomic E-state index is -0.788. The monoisotopic (exact) mass is 249 g/mol. The van der Waals surface area contributed by atoms with Crippen molar-refractivity contribution in [3.05, 3.63) is 17.5 Å². The highest BCUT2D eigenvalue weighted by Crippen LogP contribution is 2.26. The SMILES string of the molecule is Cc1cc(C)nc(N2CCC(C)CC2C(=O)O)n1. The molecular formula is C13H19N3O2. The van der Waals surface area contributed by atoms with Crippen molar-refractivity contribution in [2.24, 2.45) is 5.92 Å². The molecule has 0 bridgehead atoms. The van der Waals surface area contributed by atoms with Crippen LogP contribution in [0, 0.1) is 19.8 Å². The number of aryl methyl sites for hydroxylation is 2. The van der Waals surface area contributed by atoms with Gasteiger partial charge in [-0.05, 0) is 38.7 Å². The summed E-state index contributed by atoms with van der Waals surface area (Å²) < 4.78 is 0. The number of anilines is 1. The Balaban J connectivity index is 2.32. The van der Waals surface area contributed by atoms with Crippen LogP contribution >= 0.6 is 0 Å². The van der Waals surface area contributed by atoms with Gasteiger partial charge in [-0.3, -0.25) is 0 Å². The number of hydrogen-bond donors (Lipinski definition) is 1. The molecule has 5 nitrogen and oxygen atoms in total. The van der Waals surface area contributed by atoms with Crippen LogP contribution in [0.4, 0.5) is 5.95 Å². The third-order valence-corrected chi connectivity index (χ3v) is 3.38. The van der Waals surface area contributed by atoms with E-state index >= 15 is 0 Å². The summed E-state index contributed by atoms with van der Waals surface area (Å²) in [7, 11) is 0. The molecule has 2 heterocycles. The van der Waals surface area contributed by atoms with E-state index in [4.69, 9.17) is 0 Å². The standard InChI is InChI=1S/C13H19N3O2/c1-8-4-5-16(11(6-8)12(17)18)13-14-9(2)7-10(3)15-13/h7-8,11H,4-6H2,1-3H3,(H,17,18). The van der Waals surface area contributed by atoms with E-state index < -0.39 is 12.0 Å². The van der Waals surface area contributed by atoms with Gasteiger partial charge in [-0.2, -0.15) is 0 Å². The Labute approximate surface area is 107 Å². The topological polar surface area (TPSA) is 66.3 Å².